The Labute approximate surface area is 156 Å². The molecule has 0 radical (unpaired) electrons. The van der Waals surface area contributed by atoms with E-state index in [-0.39, 0.29) is 12.2 Å². The van der Waals surface area contributed by atoms with Gasteiger partial charge in [0.15, 0.2) is 5.65 Å². The molecular weight excluding hydrogens is 380 g/mol. The lowest BCUT2D eigenvalue weighted by Crippen LogP contribution is -2.10. The zero-order valence-electron chi connectivity index (χ0n) is 13.6. The number of halogens is 1. The summed E-state index contributed by atoms with van der Waals surface area (Å²) < 4.78 is 11.6. The first-order valence-electron chi connectivity index (χ1n) is 7.23. The number of aromatic nitrogens is 3. The molecule has 10 heteroatoms. The quantitative estimate of drug-likeness (QED) is 0.630. The summed E-state index contributed by atoms with van der Waals surface area (Å²) in [6, 6.07) is 3.50. The van der Waals surface area contributed by atoms with Crippen LogP contribution in [0, 0.1) is 18.3 Å². The van der Waals surface area contributed by atoms with E-state index in [2.05, 4.69) is 14.8 Å². The van der Waals surface area contributed by atoms with Gasteiger partial charge in [0.05, 0.1) is 24.6 Å². The molecule has 8 nitrogen and oxygen atoms in total. The maximum Gasteiger partial charge on any atom is 0.348 e. The summed E-state index contributed by atoms with van der Waals surface area (Å²) in [6.07, 6.45) is 2.83. The van der Waals surface area contributed by atoms with E-state index in [4.69, 9.17) is 21.6 Å². The molecule has 0 bridgehead atoms. The van der Waals surface area contributed by atoms with Crippen LogP contribution in [0.1, 0.15) is 36.9 Å². The number of aryl methyl sites for hydroxylation is 1. The minimum absolute atomic E-state index is 0.106. The van der Waals surface area contributed by atoms with Crippen molar-refractivity contribution >= 4 is 40.5 Å². The molecule has 3 rings (SSSR count). The summed E-state index contributed by atoms with van der Waals surface area (Å²) in [6.45, 7) is 1.53. The van der Waals surface area contributed by atoms with Crippen molar-refractivity contribution in [1.29, 1.82) is 5.26 Å². The van der Waals surface area contributed by atoms with E-state index >= 15 is 0 Å². The summed E-state index contributed by atoms with van der Waals surface area (Å²) in [7, 11) is 1.27. The van der Waals surface area contributed by atoms with Gasteiger partial charge in [-0.2, -0.15) is 10.4 Å². The first kappa shape index (κ1) is 17.8. The lowest BCUT2D eigenvalue weighted by molar-refractivity contribution is 0.0471. The topological polar surface area (TPSA) is 107 Å². The van der Waals surface area contributed by atoms with Crippen molar-refractivity contribution in [2.24, 2.45) is 0 Å². The van der Waals surface area contributed by atoms with Crippen molar-refractivity contribution in [2.75, 3.05) is 7.11 Å². The molecule has 0 aliphatic rings. The fraction of sp³-hybridized carbons (Fsp3) is 0.188. The minimum atomic E-state index is -0.618. The third kappa shape index (κ3) is 3.24. The molecule has 0 atom stereocenters. The lowest BCUT2D eigenvalue weighted by atomic mass is 10.2. The number of rotatable bonds is 4. The molecule has 0 aromatic carbocycles. The number of nitriles is 1. The standard InChI is InChI=1S/C16H11ClN4O4S/c1-8-11(6-21-14(20-8)10(4-18)5-19-21)15(22)25-7-9-3-12(16(23)24-2)26-13(9)17/h3,5-6H,7H2,1-2H3. The van der Waals surface area contributed by atoms with Crippen molar-refractivity contribution in [2.45, 2.75) is 13.5 Å². The van der Waals surface area contributed by atoms with Gasteiger partial charge in [-0.05, 0) is 13.0 Å². The summed E-state index contributed by atoms with van der Waals surface area (Å²) in [5.41, 5.74) is 1.80. The van der Waals surface area contributed by atoms with Crippen LogP contribution < -0.4 is 0 Å². The fourth-order valence-electron chi connectivity index (χ4n) is 2.20. The molecule has 26 heavy (non-hydrogen) atoms. The van der Waals surface area contributed by atoms with Crippen LogP contribution >= 0.6 is 22.9 Å². The monoisotopic (exact) mass is 390 g/mol. The molecule has 0 saturated carbocycles. The fourth-order valence-corrected chi connectivity index (χ4v) is 3.37. The molecule has 3 heterocycles. The third-order valence-corrected chi connectivity index (χ3v) is 4.95. The second-order valence-electron chi connectivity index (χ2n) is 5.16. The minimum Gasteiger partial charge on any atom is -0.465 e. The molecule has 0 N–H and O–H groups in total. The summed E-state index contributed by atoms with van der Waals surface area (Å²) in [4.78, 5) is 28.4. The van der Waals surface area contributed by atoms with E-state index in [1.165, 1.54) is 30.1 Å². The SMILES string of the molecule is COC(=O)c1cc(COC(=O)c2cn3ncc(C#N)c3nc2C)c(Cl)s1. The Kier molecular flexibility index (Phi) is 4.88. The second-order valence-corrected chi connectivity index (χ2v) is 6.81. The molecule has 0 spiro atoms. The zero-order chi connectivity index (χ0) is 18.8. The van der Waals surface area contributed by atoms with Crippen LogP contribution in [0.25, 0.3) is 5.65 Å². The summed E-state index contributed by atoms with van der Waals surface area (Å²) in [5.74, 6) is -1.13. The van der Waals surface area contributed by atoms with Crippen molar-refractivity contribution in [3.63, 3.8) is 0 Å². The largest absolute Gasteiger partial charge is 0.465 e. The van der Waals surface area contributed by atoms with Gasteiger partial charge in [0, 0.05) is 11.8 Å². The number of hydrogen-bond acceptors (Lipinski definition) is 8. The number of ether oxygens (including phenoxy) is 2. The predicted molar refractivity (Wildman–Crippen MR) is 92.2 cm³/mol. The van der Waals surface area contributed by atoms with E-state index < -0.39 is 11.9 Å². The Morgan fingerprint density at radius 2 is 2.19 bits per heavy atom. The number of nitrogens with zero attached hydrogens (tertiary/aromatic N) is 4. The van der Waals surface area contributed by atoms with E-state index in [1.807, 2.05) is 6.07 Å². The van der Waals surface area contributed by atoms with Gasteiger partial charge >= 0.3 is 11.9 Å². The van der Waals surface area contributed by atoms with Crippen LogP contribution in [-0.4, -0.2) is 33.6 Å². The lowest BCUT2D eigenvalue weighted by Gasteiger charge is -2.07. The van der Waals surface area contributed by atoms with E-state index in [9.17, 15) is 9.59 Å². The molecular formula is C16H11ClN4O4S. The third-order valence-electron chi connectivity index (χ3n) is 3.53. The van der Waals surface area contributed by atoms with Gasteiger partial charge in [-0.25, -0.2) is 19.1 Å². The van der Waals surface area contributed by atoms with Gasteiger partial charge in [-0.15, -0.1) is 11.3 Å². The van der Waals surface area contributed by atoms with Gasteiger partial charge in [0.1, 0.15) is 27.5 Å². The molecule has 0 amide bonds. The molecule has 0 saturated heterocycles. The van der Waals surface area contributed by atoms with E-state index in [0.29, 0.717) is 31.7 Å². The molecule has 132 valence electrons. The zero-order valence-corrected chi connectivity index (χ0v) is 15.2. The van der Waals surface area contributed by atoms with Crippen LogP contribution in [0.3, 0.4) is 0 Å². The van der Waals surface area contributed by atoms with E-state index in [0.717, 1.165) is 11.3 Å². The van der Waals surface area contributed by atoms with Gasteiger partial charge in [-0.3, -0.25) is 0 Å². The van der Waals surface area contributed by atoms with Gasteiger partial charge in [0.25, 0.3) is 0 Å². The number of esters is 2. The summed E-state index contributed by atoms with van der Waals surface area (Å²) >= 11 is 7.11. The van der Waals surface area contributed by atoms with E-state index in [1.54, 1.807) is 6.92 Å². The number of methoxy groups -OCH3 is 1. The Morgan fingerprint density at radius 3 is 2.88 bits per heavy atom. The molecule has 3 aromatic rings. The molecule has 0 unspecified atom stereocenters. The Hall–Kier alpha value is -2.96. The number of carbonyl (C=O) groups excluding carboxylic acids is 2. The highest BCUT2D eigenvalue weighted by Gasteiger charge is 2.18. The smallest absolute Gasteiger partial charge is 0.348 e. The Balaban J connectivity index is 1.80. The van der Waals surface area contributed by atoms with Gasteiger partial charge in [-0.1, -0.05) is 11.6 Å². The van der Waals surface area contributed by atoms with Crippen molar-refractivity contribution in [1.82, 2.24) is 14.6 Å². The first-order chi connectivity index (χ1) is 12.4. The highest BCUT2D eigenvalue weighted by molar-refractivity contribution is 7.18. The average molecular weight is 391 g/mol. The van der Waals surface area contributed by atoms with Crippen molar-refractivity contribution < 1.29 is 19.1 Å². The molecule has 0 aliphatic heterocycles. The Bertz CT molecular complexity index is 1070. The first-order valence-corrected chi connectivity index (χ1v) is 8.42. The van der Waals surface area contributed by atoms with Crippen LogP contribution in [0.5, 0.6) is 0 Å². The number of hydrogen-bond donors (Lipinski definition) is 0. The Morgan fingerprint density at radius 1 is 1.42 bits per heavy atom. The van der Waals surface area contributed by atoms with Crippen LogP contribution in [-0.2, 0) is 16.1 Å². The van der Waals surface area contributed by atoms with Crippen LogP contribution in [0.4, 0.5) is 0 Å². The molecule has 0 fully saturated rings. The maximum atomic E-state index is 12.4. The number of fused-ring (bicyclic) bond motifs is 1. The summed E-state index contributed by atoms with van der Waals surface area (Å²) in [5, 5.41) is 13.0. The molecule has 3 aromatic heterocycles. The second kappa shape index (κ2) is 7.11. The number of carbonyl (C=O) groups is 2. The van der Waals surface area contributed by atoms with Crippen LogP contribution in [0.15, 0.2) is 18.5 Å². The van der Waals surface area contributed by atoms with Crippen molar-refractivity contribution in [3.8, 4) is 6.07 Å². The van der Waals surface area contributed by atoms with Crippen molar-refractivity contribution in [3.05, 3.63) is 50.1 Å². The van der Waals surface area contributed by atoms with Gasteiger partial charge in [0.2, 0.25) is 0 Å². The predicted octanol–water partition coefficient (Wildman–Crippen LogP) is 2.77. The highest BCUT2D eigenvalue weighted by Crippen LogP contribution is 2.29. The maximum absolute atomic E-state index is 12.4. The normalized spacial score (nSPS) is 10.5. The number of thiophene rings is 1. The average Bonchev–Trinajstić information content (AvgIpc) is 3.20. The highest BCUT2D eigenvalue weighted by atomic mass is 35.5. The van der Waals surface area contributed by atoms with Crippen LogP contribution in [0.2, 0.25) is 4.34 Å². The van der Waals surface area contributed by atoms with Gasteiger partial charge < -0.3 is 9.47 Å². The molecule has 0 aliphatic carbocycles.